The van der Waals surface area contributed by atoms with E-state index in [1.165, 1.54) is 0 Å². The molecule has 0 saturated heterocycles. The number of hydrogen-bond acceptors (Lipinski definition) is 4. The van der Waals surface area contributed by atoms with Crippen molar-refractivity contribution in [3.8, 4) is 0 Å². The SMILES string of the molecule is CC(C)(C)OC(=O)NC(c1ccccc1)C(CO)c1ccc2ccccc2n1. The average molecular weight is 378 g/mol. The van der Waals surface area contributed by atoms with E-state index in [0.717, 1.165) is 16.5 Å². The van der Waals surface area contributed by atoms with Gasteiger partial charge in [-0.2, -0.15) is 0 Å². The lowest BCUT2D eigenvalue weighted by Crippen LogP contribution is -2.38. The smallest absolute Gasteiger partial charge is 0.408 e. The molecule has 1 heterocycles. The van der Waals surface area contributed by atoms with Crippen molar-refractivity contribution in [1.29, 1.82) is 0 Å². The number of carbonyl (C=O) groups is 1. The lowest BCUT2D eigenvalue weighted by atomic mass is 9.90. The number of rotatable bonds is 5. The zero-order valence-electron chi connectivity index (χ0n) is 16.4. The van der Waals surface area contributed by atoms with Crippen LogP contribution in [0.1, 0.15) is 44.0 Å². The van der Waals surface area contributed by atoms with Gasteiger partial charge in [0.05, 0.1) is 18.2 Å². The molecule has 1 amide bonds. The Morgan fingerprint density at radius 3 is 2.39 bits per heavy atom. The first kappa shape index (κ1) is 19.8. The van der Waals surface area contributed by atoms with E-state index < -0.39 is 23.7 Å². The van der Waals surface area contributed by atoms with Crippen molar-refractivity contribution in [2.24, 2.45) is 0 Å². The van der Waals surface area contributed by atoms with Gasteiger partial charge in [-0.15, -0.1) is 0 Å². The van der Waals surface area contributed by atoms with Crippen LogP contribution in [0.25, 0.3) is 10.9 Å². The van der Waals surface area contributed by atoms with Crippen LogP contribution in [0, 0.1) is 0 Å². The molecule has 0 aliphatic carbocycles. The van der Waals surface area contributed by atoms with Gasteiger partial charge in [-0.1, -0.05) is 54.6 Å². The van der Waals surface area contributed by atoms with Crippen LogP contribution >= 0.6 is 0 Å². The van der Waals surface area contributed by atoms with E-state index in [9.17, 15) is 9.90 Å². The van der Waals surface area contributed by atoms with E-state index in [4.69, 9.17) is 9.72 Å². The number of nitrogens with zero attached hydrogens (tertiary/aromatic N) is 1. The van der Waals surface area contributed by atoms with Crippen LogP contribution in [-0.2, 0) is 4.74 Å². The fraction of sp³-hybridized carbons (Fsp3) is 0.304. The van der Waals surface area contributed by atoms with Gasteiger partial charge in [0.15, 0.2) is 0 Å². The average Bonchev–Trinajstić information content (AvgIpc) is 2.67. The van der Waals surface area contributed by atoms with Crippen molar-refractivity contribution >= 4 is 17.0 Å². The zero-order valence-corrected chi connectivity index (χ0v) is 16.4. The molecule has 2 unspecified atom stereocenters. The number of nitrogens with one attached hydrogen (secondary N) is 1. The molecule has 2 N–H and O–H groups in total. The number of aliphatic hydroxyl groups is 1. The Kier molecular flexibility index (Phi) is 5.95. The Bertz CT molecular complexity index is 935. The fourth-order valence-corrected chi connectivity index (χ4v) is 3.17. The molecule has 0 aliphatic rings. The topological polar surface area (TPSA) is 71.5 Å². The minimum Gasteiger partial charge on any atom is -0.444 e. The maximum Gasteiger partial charge on any atom is 0.408 e. The standard InChI is InChI=1S/C23H26N2O3/c1-23(2,3)28-22(27)25-21(17-10-5-4-6-11-17)18(15-26)20-14-13-16-9-7-8-12-19(16)24-20/h4-14,18,21,26H,15H2,1-3H3,(H,25,27). The van der Waals surface area contributed by atoms with Gasteiger partial charge in [0.2, 0.25) is 0 Å². The van der Waals surface area contributed by atoms with Crippen molar-refractivity contribution in [2.75, 3.05) is 6.61 Å². The third-order valence-electron chi connectivity index (χ3n) is 4.43. The van der Waals surface area contributed by atoms with E-state index in [1.54, 1.807) is 0 Å². The molecule has 146 valence electrons. The maximum absolute atomic E-state index is 12.5. The number of amides is 1. The number of pyridine rings is 1. The normalized spacial score (nSPS) is 13.7. The van der Waals surface area contributed by atoms with Crippen molar-refractivity contribution in [3.63, 3.8) is 0 Å². The molecule has 0 saturated carbocycles. The molecule has 0 bridgehead atoms. The van der Waals surface area contributed by atoms with E-state index in [0.29, 0.717) is 5.69 Å². The molecule has 2 aromatic carbocycles. The number of hydrogen-bond donors (Lipinski definition) is 2. The van der Waals surface area contributed by atoms with Gasteiger partial charge in [-0.3, -0.25) is 4.98 Å². The second kappa shape index (κ2) is 8.40. The van der Waals surface area contributed by atoms with Crippen LogP contribution in [0.5, 0.6) is 0 Å². The minimum absolute atomic E-state index is 0.166. The second-order valence-electron chi connectivity index (χ2n) is 7.75. The Labute approximate surface area is 165 Å². The predicted molar refractivity (Wildman–Crippen MR) is 110 cm³/mol. The van der Waals surface area contributed by atoms with Crippen LogP contribution in [0.4, 0.5) is 4.79 Å². The summed E-state index contributed by atoms with van der Waals surface area (Å²) in [5, 5.41) is 14.2. The molecule has 5 nitrogen and oxygen atoms in total. The van der Waals surface area contributed by atoms with Gasteiger partial charge in [-0.25, -0.2) is 4.79 Å². The fourth-order valence-electron chi connectivity index (χ4n) is 3.17. The third-order valence-corrected chi connectivity index (χ3v) is 4.43. The number of benzene rings is 2. The zero-order chi connectivity index (χ0) is 20.1. The molecule has 0 aliphatic heterocycles. The number of aliphatic hydroxyl groups excluding tert-OH is 1. The molecule has 0 radical (unpaired) electrons. The second-order valence-corrected chi connectivity index (χ2v) is 7.75. The van der Waals surface area contributed by atoms with Crippen LogP contribution in [0.2, 0.25) is 0 Å². The van der Waals surface area contributed by atoms with E-state index >= 15 is 0 Å². The summed E-state index contributed by atoms with van der Waals surface area (Å²) in [6.07, 6.45) is -0.527. The maximum atomic E-state index is 12.5. The molecule has 3 aromatic rings. The number of alkyl carbamates (subject to hydrolysis) is 1. The summed E-state index contributed by atoms with van der Waals surface area (Å²) in [6.45, 7) is 5.29. The molecule has 2 atom stereocenters. The quantitative estimate of drug-likeness (QED) is 0.682. The largest absolute Gasteiger partial charge is 0.444 e. The summed E-state index contributed by atoms with van der Waals surface area (Å²) in [7, 11) is 0. The minimum atomic E-state index is -0.610. The molecular formula is C23H26N2O3. The third kappa shape index (κ3) is 4.87. The van der Waals surface area contributed by atoms with Gasteiger partial charge in [-0.05, 0) is 38.5 Å². The Balaban J connectivity index is 1.97. The lowest BCUT2D eigenvalue weighted by Gasteiger charge is -2.28. The van der Waals surface area contributed by atoms with E-state index in [1.807, 2.05) is 87.5 Å². The Hall–Kier alpha value is -2.92. The number of ether oxygens (including phenoxy) is 1. The Morgan fingerprint density at radius 2 is 1.71 bits per heavy atom. The first-order chi connectivity index (χ1) is 13.4. The van der Waals surface area contributed by atoms with Crippen molar-refractivity contribution in [2.45, 2.75) is 38.3 Å². The molecule has 5 heteroatoms. The van der Waals surface area contributed by atoms with Crippen LogP contribution in [0.15, 0.2) is 66.7 Å². The molecule has 3 rings (SSSR count). The number of aromatic nitrogens is 1. The summed E-state index contributed by atoms with van der Waals surface area (Å²) >= 11 is 0. The van der Waals surface area contributed by atoms with Crippen molar-refractivity contribution < 1.29 is 14.6 Å². The highest BCUT2D eigenvalue weighted by Crippen LogP contribution is 2.31. The van der Waals surface area contributed by atoms with Crippen LogP contribution in [0.3, 0.4) is 0 Å². The summed E-state index contributed by atoms with van der Waals surface area (Å²) < 4.78 is 5.44. The van der Waals surface area contributed by atoms with Crippen molar-refractivity contribution in [1.82, 2.24) is 10.3 Å². The van der Waals surface area contributed by atoms with Gasteiger partial charge >= 0.3 is 6.09 Å². The molecule has 0 spiro atoms. The van der Waals surface area contributed by atoms with Gasteiger partial charge < -0.3 is 15.2 Å². The Morgan fingerprint density at radius 1 is 1.04 bits per heavy atom. The summed E-state index contributed by atoms with van der Waals surface area (Å²) in [6, 6.07) is 20.8. The molecular weight excluding hydrogens is 352 g/mol. The molecule has 1 aromatic heterocycles. The number of para-hydroxylation sites is 1. The summed E-state index contributed by atoms with van der Waals surface area (Å²) in [4.78, 5) is 17.2. The molecule has 0 fully saturated rings. The summed E-state index contributed by atoms with van der Waals surface area (Å²) in [5.41, 5.74) is 1.83. The van der Waals surface area contributed by atoms with Gasteiger partial charge in [0.25, 0.3) is 0 Å². The van der Waals surface area contributed by atoms with E-state index in [2.05, 4.69) is 5.32 Å². The highest BCUT2D eigenvalue weighted by atomic mass is 16.6. The van der Waals surface area contributed by atoms with Gasteiger partial charge in [0.1, 0.15) is 5.60 Å². The summed E-state index contributed by atoms with van der Waals surface area (Å²) in [5.74, 6) is -0.417. The highest BCUT2D eigenvalue weighted by Gasteiger charge is 2.29. The number of fused-ring (bicyclic) bond motifs is 1. The first-order valence-electron chi connectivity index (χ1n) is 9.38. The number of carbonyl (C=O) groups excluding carboxylic acids is 1. The van der Waals surface area contributed by atoms with Gasteiger partial charge in [0, 0.05) is 17.0 Å². The molecule has 28 heavy (non-hydrogen) atoms. The van der Waals surface area contributed by atoms with E-state index in [-0.39, 0.29) is 6.61 Å². The van der Waals surface area contributed by atoms with Crippen molar-refractivity contribution in [3.05, 3.63) is 78.0 Å². The van der Waals surface area contributed by atoms with Crippen LogP contribution < -0.4 is 5.32 Å². The lowest BCUT2D eigenvalue weighted by molar-refractivity contribution is 0.0487. The first-order valence-corrected chi connectivity index (χ1v) is 9.38. The van der Waals surface area contributed by atoms with Crippen LogP contribution in [-0.4, -0.2) is 28.4 Å². The predicted octanol–water partition coefficient (Wildman–Crippen LogP) is 4.58. The monoisotopic (exact) mass is 378 g/mol. The highest BCUT2D eigenvalue weighted by molar-refractivity contribution is 5.78.